The number of benzene rings is 4. The SMILES string of the molecule is [B]c1c(C)c(-c2c(C)c(C)c(C)c(C)c2C)c(C)c(O)c1CN=C(N=C)c1ccc2c(c1)C(C)(C)c1ccccc1-2. The van der Waals surface area contributed by atoms with Crippen LogP contribution < -0.4 is 5.46 Å². The van der Waals surface area contributed by atoms with Gasteiger partial charge in [0.2, 0.25) is 0 Å². The number of aromatic hydroxyl groups is 1. The van der Waals surface area contributed by atoms with E-state index in [4.69, 9.17) is 12.8 Å². The third-order valence-corrected chi connectivity index (χ3v) is 9.75. The quantitative estimate of drug-likeness (QED) is 0.160. The van der Waals surface area contributed by atoms with Crippen LogP contribution in [0.4, 0.5) is 0 Å². The summed E-state index contributed by atoms with van der Waals surface area (Å²) >= 11 is 0. The molecule has 5 rings (SSSR count). The van der Waals surface area contributed by atoms with Gasteiger partial charge in [0, 0.05) is 16.5 Å². The van der Waals surface area contributed by atoms with Crippen molar-refractivity contribution in [3.05, 3.63) is 104 Å². The zero-order valence-electron chi connectivity index (χ0n) is 25.9. The third kappa shape index (κ3) is 4.27. The number of hydrogen-bond acceptors (Lipinski definition) is 2. The molecule has 0 atom stereocenters. The standard InChI is InChI=1S/C37H39BN2O/c1-19-20(2)22(4)32(23(5)21(19)3)33-24(6)34(38)29(35(41)25(33)7)18-40-36(39-10)26-15-16-28-27-13-11-12-14-30(27)37(8,9)31(28)17-26/h11-17,41H,10,18H2,1-9H3. The second kappa shape index (κ2) is 10.2. The van der Waals surface area contributed by atoms with Gasteiger partial charge in [-0.1, -0.05) is 55.7 Å². The summed E-state index contributed by atoms with van der Waals surface area (Å²) in [4.78, 5) is 9.13. The third-order valence-electron chi connectivity index (χ3n) is 9.75. The van der Waals surface area contributed by atoms with Gasteiger partial charge < -0.3 is 5.11 Å². The van der Waals surface area contributed by atoms with E-state index in [2.05, 4.69) is 103 Å². The minimum Gasteiger partial charge on any atom is -0.507 e. The van der Waals surface area contributed by atoms with Crippen LogP contribution in [0.25, 0.3) is 22.3 Å². The van der Waals surface area contributed by atoms with Crippen molar-refractivity contribution in [2.45, 2.75) is 74.3 Å². The zero-order valence-corrected chi connectivity index (χ0v) is 25.9. The number of nitrogens with zero attached hydrogens (tertiary/aromatic N) is 2. The van der Waals surface area contributed by atoms with E-state index in [1.54, 1.807) is 0 Å². The summed E-state index contributed by atoms with van der Waals surface area (Å²) in [6, 6.07) is 15.0. The van der Waals surface area contributed by atoms with Crippen LogP contribution in [0.1, 0.15) is 75.0 Å². The van der Waals surface area contributed by atoms with Crippen LogP contribution in [0.2, 0.25) is 0 Å². The molecule has 0 amide bonds. The van der Waals surface area contributed by atoms with Gasteiger partial charge in [0.15, 0.2) is 5.84 Å². The number of phenols is 1. The highest BCUT2D eigenvalue weighted by molar-refractivity contribution is 6.35. The van der Waals surface area contributed by atoms with Crippen molar-refractivity contribution in [2.24, 2.45) is 9.98 Å². The molecular weight excluding hydrogens is 499 g/mol. The molecule has 0 aromatic heterocycles. The van der Waals surface area contributed by atoms with E-state index in [1.807, 2.05) is 13.8 Å². The number of amidine groups is 1. The summed E-state index contributed by atoms with van der Waals surface area (Å²) in [7, 11) is 6.75. The highest BCUT2D eigenvalue weighted by Gasteiger charge is 2.35. The summed E-state index contributed by atoms with van der Waals surface area (Å²) < 4.78 is 0. The summed E-state index contributed by atoms with van der Waals surface area (Å²) in [5.41, 5.74) is 17.3. The Bertz CT molecular complexity index is 1730. The first kappa shape index (κ1) is 28.6. The van der Waals surface area contributed by atoms with E-state index in [1.165, 1.54) is 50.1 Å². The molecule has 0 saturated carbocycles. The largest absolute Gasteiger partial charge is 0.507 e. The van der Waals surface area contributed by atoms with Crippen molar-refractivity contribution in [3.8, 4) is 28.0 Å². The van der Waals surface area contributed by atoms with E-state index >= 15 is 0 Å². The Hall–Kier alpha value is -3.92. The van der Waals surface area contributed by atoms with Gasteiger partial charge in [0.25, 0.3) is 0 Å². The molecule has 4 heteroatoms. The highest BCUT2D eigenvalue weighted by Crippen LogP contribution is 2.48. The Balaban J connectivity index is 1.57. The molecule has 0 saturated heterocycles. The first-order valence-electron chi connectivity index (χ1n) is 14.3. The maximum Gasteiger partial charge on any atom is 0.154 e. The van der Waals surface area contributed by atoms with E-state index in [0.29, 0.717) is 16.9 Å². The Kier molecular flexibility index (Phi) is 7.10. The minimum atomic E-state index is -0.121. The summed E-state index contributed by atoms with van der Waals surface area (Å²) in [5, 5.41) is 11.5. The molecule has 0 bridgehead atoms. The lowest BCUT2D eigenvalue weighted by Gasteiger charge is -2.25. The number of fused-ring (bicyclic) bond motifs is 3. The molecule has 1 aliphatic carbocycles. The van der Waals surface area contributed by atoms with Crippen LogP contribution in [0.3, 0.4) is 0 Å². The first-order chi connectivity index (χ1) is 19.3. The van der Waals surface area contributed by atoms with Crippen molar-refractivity contribution < 1.29 is 5.11 Å². The molecule has 41 heavy (non-hydrogen) atoms. The molecule has 0 spiro atoms. The predicted octanol–water partition coefficient (Wildman–Crippen LogP) is 7.97. The Morgan fingerprint density at radius 1 is 0.756 bits per heavy atom. The topological polar surface area (TPSA) is 45.0 Å². The normalized spacial score (nSPS) is 13.7. The monoisotopic (exact) mass is 538 g/mol. The van der Waals surface area contributed by atoms with Gasteiger partial charge in [-0.15, -0.1) is 0 Å². The fraction of sp³-hybridized carbons (Fsp3) is 0.297. The summed E-state index contributed by atoms with van der Waals surface area (Å²) in [5.74, 6) is 0.727. The lowest BCUT2D eigenvalue weighted by atomic mass is 9.76. The fourth-order valence-electron chi connectivity index (χ4n) is 6.75. The van der Waals surface area contributed by atoms with E-state index in [-0.39, 0.29) is 17.7 Å². The molecule has 0 aliphatic heterocycles. The average molecular weight is 539 g/mol. The lowest BCUT2D eigenvalue weighted by molar-refractivity contribution is 0.465. The lowest BCUT2D eigenvalue weighted by Crippen LogP contribution is -2.18. The van der Waals surface area contributed by atoms with Gasteiger partial charge in [-0.05, 0) is 134 Å². The number of aliphatic imine (C=N–C) groups is 2. The Labute approximate surface area is 246 Å². The molecule has 1 N–H and O–H groups in total. The second-order valence-electron chi connectivity index (χ2n) is 12.1. The number of phenolic OH excluding ortho intramolecular Hbond substituents is 1. The van der Waals surface area contributed by atoms with Crippen molar-refractivity contribution in [3.63, 3.8) is 0 Å². The average Bonchev–Trinajstić information content (AvgIpc) is 3.19. The second-order valence-corrected chi connectivity index (χ2v) is 12.1. The molecular formula is C37H39BN2O. The van der Waals surface area contributed by atoms with Gasteiger partial charge in [-0.3, -0.25) is 4.99 Å². The zero-order chi connectivity index (χ0) is 30.0. The molecule has 2 radical (unpaired) electrons. The smallest absolute Gasteiger partial charge is 0.154 e. The van der Waals surface area contributed by atoms with Crippen LogP contribution in [0.5, 0.6) is 5.75 Å². The molecule has 0 heterocycles. The maximum atomic E-state index is 11.5. The highest BCUT2D eigenvalue weighted by atomic mass is 16.3. The van der Waals surface area contributed by atoms with Crippen molar-refractivity contribution >= 4 is 25.9 Å². The first-order valence-corrected chi connectivity index (χ1v) is 14.3. The molecule has 0 fully saturated rings. The van der Waals surface area contributed by atoms with E-state index < -0.39 is 0 Å². The van der Waals surface area contributed by atoms with Crippen LogP contribution in [0, 0.1) is 48.5 Å². The molecule has 0 unspecified atom stereocenters. The van der Waals surface area contributed by atoms with Gasteiger partial charge in [0.1, 0.15) is 13.6 Å². The minimum absolute atomic E-state index is 0.121. The Morgan fingerprint density at radius 2 is 1.32 bits per heavy atom. The Morgan fingerprint density at radius 3 is 1.95 bits per heavy atom. The van der Waals surface area contributed by atoms with Gasteiger partial charge in [-0.2, -0.15) is 0 Å². The van der Waals surface area contributed by atoms with Gasteiger partial charge in [-0.25, -0.2) is 4.99 Å². The van der Waals surface area contributed by atoms with Crippen molar-refractivity contribution in [1.82, 2.24) is 0 Å². The molecule has 3 nitrogen and oxygen atoms in total. The van der Waals surface area contributed by atoms with Crippen molar-refractivity contribution in [2.75, 3.05) is 0 Å². The molecule has 206 valence electrons. The van der Waals surface area contributed by atoms with Crippen LogP contribution in [-0.2, 0) is 12.0 Å². The molecule has 1 aliphatic rings. The molecule has 4 aromatic carbocycles. The van der Waals surface area contributed by atoms with E-state index in [9.17, 15) is 5.11 Å². The van der Waals surface area contributed by atoms with Crippen LogP contribution in [0.15, 0.2) is 52.4 Å². The van der Waals surface area contributed by atoms with Crippen molar-refractivity contribution in [1.29, 1.82) is 0 Å². The number of rotatable bonds is 4. The van der Waals surface area contributed by atoms with Gasteiger partial charge in [0.05, 0.1) is 6.54 Å². The summed E-state index contributed by atoms with van der Waals surface area (Å²) in [6.45, 7) is 23.4. The number of hydrogen-bond donors (Lipinski definition) is 1. The summed E-state index contributed by atoms with van der Waals surface area (Å²) in [6.07, 6.45) is 0. The van der Waals surface area contributed by atoms with Crippen LogP contribution >= 0.6 is 0 Å². The van der Waals surface area contributed by atoms with Crippen LogP contribution in [-0.4, -0.2) is 25.5 Å². The van der Waals surface area contributed by atoms with E-state index in [0.717, 1.165) is 27.8 Å². The van der Waals surface area contributed by atoms with Gasteiger partial charge >= 0.3 is 0 Å². The predicted molar refractivity (Wildman–Crippen MR) is 176 cm³/mol. The molecule has 4 aromatic rings. The maximum absolute atomic E-state index is 11.5. The fourth-order valence-corrected chi connectivity index (χ4v) is 6.75.